The number of aryl methyl sites for hydroxylation is 1. The van der Waals surface area contributed by atoms with Gasteiger partial charge in [-0.05, 0) is 68.1 Å². The highest BCUT2D eigenvalue weighted by atomic mass is 16.2. The fourth-order valence-electron chi connectivity index (χ4n) is 5.08. The van der Waals surface area contributed by atoms with Crippen LogP contribution >= 0.6 is 0 Å². The molecule has 4 amide bonds. The number of hydrogen-bond acceptors (Lipinski definition) is 4. The summed E-state index contributed by atoms with van der Waals surface area (Å²) in [6.07, 6.45) is 4.17. The number of amides is 4. The summed E-state index contributed by atoms with van der Waals surface area (Å²) in [5, 5.41) is 5.71. The van der Waals surface area contributed by atoms with Gasteiger partial charge < -0.3 is 10.6 Å². The van der Waals surface area contributed by atoms with Crippen LogP contribution in [0.4, 0.5) is 17.1 Å². The molecule has 1 aliphatic carbocycles. The standard InChI is InChI=1S/C31H29N3O4/c1-20-13-15-26-27(17-20)31(38)34(30(26)37)25-12-5-9-22(18-25)29(36)33-24-11-6-10-23(19-24)32-28(35)16-14-21-7-3-2-4-8-21/h2-13,18-19,26-27H,14-17H2,1H3,(H,32,35)(H,33,36)/t26-,27+/m1/s1. The first-order chi connectivity index (χ1) is 18.4. The van der Waals surface area contributed by atoms with Crippen molar-refractivity contribution in [2.75, 3.05) is 15.5 Å². The third-order valence-electron chi connectivity index (χ3n) is 7.08. The van der Waals surface area contributed by atoms with Crippen LogP contribution in [0.1, 0.15) is 42.1 Å². The number of carbonyl (C=O) groups is 4. The average molecular weight is 508 g/mol. The molecule has 1 heterocycles. The van der Waals surface area contributed by atoms with E-state index in [1.165, 1.54) is 4.90 Å². The molecule has 1 saturated heterocycles. The van der Waals surface area contributed by atoms with Crippen molar-refractivity contribution in [2.45, 2.75) is 32.6 Å². The Balaban J connectivity index is 1.23. The molecule has 0 unspecified atom stereocenters. The summed E-state index contributed by atoms with van der Waals surface area (Å²) in [7, 11) is 0. The molecule has 0 bridgehead atoms. The van der Waals surface area contributed by atoms with Crippen LogP contribution in [0.25, 0.3) is 0 Å². The van der Waals surface area contributed by atoms with Gasteiger partial charge in [0.2, 0.25) is 17.7 Å². The third-order valence-corrected chi connectivity index (χ3v) is 7.08. The lowest BCUT2D eigenvalue weighted by atomic mass is 9.82. The second-order valence-electron chi connectivity index (χ2n) is 9.83. The minimum atomic E-state index is -0.381. The molecule has 5 rings (SSSR count). The maximum Gasteiger partial charge on any atom is 0.255 e. The molecular formula is C31H29N3O4. The monoisotopic (exact) mass is 507 g/mol. The number of imide groups is 1. The lowest BCUT2D eigenvalue weighted by molar-refractivity contribution is -0.122. The quantitative estimate of drug-likeness (QED) is 0.333. The smallest absolute Gasteiger partial charge is 0.255 e. The van der Waals surface area contributed by atoms with Crippen LogP contribution in [0.5, 0.6) is 0 Å². The number of fused-ring (bicyclic) bond motifs is 1. The minimum Gasteiger partial charge on any atom is -0.326 e. The van der Waals surface area contributed by atoms with E-state index < -0.39 is 0 Å². The molecule has 192 valence electrons. The Labute approximate surface area is 221 Å². The number of carbonyl (C=O) groups excluding carboxylic acids is 4. The van der Waals surface area contributed by atoms with Crippen molar-refractivity contribution in [1.82, 2.24) is 0 Å². The van der Waals surface area contributed by atoms with Crippen LogP contribution in [0.2, 0.25) is 0 Å². The molecule has 3 aromatic carbocycles. The van der Waals surface area contributed by atoms with Gasteiger partial charge in [0.25, 0.3) is 5.91 Å². The molecule has 3 aromatic rings. The zero-order valence-electron chi connectivity index (χ0n) is 21.1. The predicted molar refractivity (Wildman–Crippen MR) is 147 cm³/mol. The zero-order chi connectivity index (χ0) is 26.6. The summed E-state index contributed by atoms with van der Waals surface area (Å²) in [4.78, 5) is 52.8. The van der Waals surface area contributed by atoms with E-state index in [9.17, 15) is 19.2 Å². The number of nitrogens with zero attached hydrogens (tertiary/aromatic N) is 1. The fraction of sp³-hybridized carbons (Fsp3) is 0.226. The summed E-state index contributed by atoms with van der Waals surface area (Å²) in [6.45, 7) is 1.98. The average Bonchev–Trinajstić information content (AvgIpc) is 3.17. The van der Waals surface area contributed by atoms with Crippen molar-refractivity contribution < 1.29 is 19.2 Å². The Morgan fingerprint density at radius 3 is 2.34 bits per heavy atom. The van der Waals surface area contributed by atoms with Gasteiger partial charge in [-0.2, -0.15) is 0 Å². The van der Waals surface area contributed by atoms with Gasteiger partial charge >= 0.3 is 0 Å². The van der Waals surface area contributed by atoms with E-state index >= 15 is 0 Å². The van der Waals surface area contributed by atoms with Crippen molar-refractivity contribution in [1.29, 1.82) is 0 Å². The molecule has 0 saturated carbocycles. The number of benzene rings is 3. The van der Waals surface area contributed by atoms with E-state index in [1.54, 1.807) is 48.5 Å². The molecule has 2 N–H and O–H groups in total. The summed E-state index contributed by atoms with van der Waals surface area (Å²) in [5.74, 6) is -1.59. The van der Waals surface area contributed by atoms with E-state index in [0.29, 0.717) is 48.3 Å². The highest BCUT2D eigenvalue weighted by Gasteiger charge is 2.48. The Morgan fingerprint density at radius 2 is 1.55 bits per heavy atom. The maximum absolute atomic E-state index is 13.1. The number of nitrogens with one attached hydrogen (secondary N) is 2. The second kappa shape index (κ2) is 10.8. The fourth-order valence-corrected chi connectivity index (χ4v) is 5.08. The van der Waals surface area contributed by atoms with E-state index in [2.05, 4.69) is 10.6 Å². The molecular weight excluding hydrogens is 478 g/mol. The summed E-state index contributed by atoms with van der Waals surface area (Å²) in [5.41, 5.74) is 4.03. The normalized spacial score (nSPS) is 18.6. The SMILES string of the molecule is CC1=CC[C@H]2C(=O)N(c3cccc(C(=O)Nc4cccc(NC(=O)CCc5ccccc5)c4)c3)C(=O)[C@H]2C1. The van der Waals surface area contributed by atoms with Crippen LogP contribution in [-0.4, -0.2) is 23.6 Å². The predicted octanol–water partition coefficient (Wildman–Crippen LogP) is 5.36. The molecule has 0 spiro atoms. The zero-order valence-corrected chi connectivity index (χ0v) is 21.1. The molecule has 0 aromatic heterocycles. The summed E-state index contributed by atoms with van der Waals surface area (Å²) < 4.78 is 0. The second-order valence-corrected chi connectivity index (χ2v) is 9.83. The molecule has 2 atom stereocenters. The van der Waals surface area contributed by atoms with Gasteiger partial charge in [-0.15, -0.1) is 0 Å². The highest BCUT2D eigenvalue weighted by molar-refractivity contribution is 6.22. The van der Waals surface area contributed by atoms with Gasteiger partial charge in [0.1, 0.15) is 0 Å². The van der Waals surface area contributed by atoms with Crippen molar-refractivity contribution >= 4 is 40.7 Å². The largest absolute Gasteiger partial charge is 0.326 e. The first-order valence-corrected chi connectivity index (χ1v) is 12.8. The Kier molecular flexibility index (Phi) is 7.18. The molecule has 1 aliphatic heterocycles. The van der Waals surface area contributed by atoms with Crippen molar-refractivity contribution in [3.05, 3.63) is 102 Å². The number of rotatable bonds is 7. The Hall–Kier alpha value is -4.52. The van der Waals surface area contributed by atoms with Crippen LogP contribution in [0.15, 0.2) is 90.5 Å². The van der Waals surface area contributed by atoms with Gasteiger partial charge in [0, 0.05) is 23.4 Å². The third kappa shape index (κ3) is 5.42. The molecule has 2 aliphatic rings. The van der Waals surface area contributed by atoms with Crippen molar-refractivity contribution in [3.63, 3.8) is 0 Å². The van der Waals surface area contributed by atoms with Gasteiger partial charge in [0.15, 0.2) is 0 Å². The van der Waals surface area contributed by atoms with E-state index in [0.717, 1.165) is 11.1 Å². The topological polar surface area (TPSA) is 95.6 Å². The van der Waals surface area contributed by atoms with Crippen LogP contribution in [-0.2, 0) is 20.8 Å². The van der Waals surface area contributed by atoms with Crippen LogP contribution < -0.4 is 15.5 Å². The molecule has 7 heteroatoms. The number of allylic oxidation sites excluding steroid dienone is 2. The number of hydrogen-bond donors (Lipinski definition) is 2. The van der Waals surface area contributed by atoms with Gasteiger partial charge in [0.05, 0.1) is 17.5 Å². The van der Waals surface area contributed by atoms with Crippen molar-refractivity contribution in [2.24, 2.45) is 11.8 Å². The van der Waals surface area contributed by atoms with Gasteiger partial charge in [-0.1, -0.05) is 54.1 Å². The lowest BCUT2D eigenvalue weighted by Crippen LogP contribution is -2.31. The Morgan fingerprint density at radius 1 is 0.842 bits per heavy atom. The maximum atomic E-state index is 13.1. The first-order valence-electron chi connectivity index (χ1n) is 12.8. The van der Waals surface area contributed by atoms with Crippen LogP contribution in [0, 0.1) is 11.8 Å². The van der Waals surface area contributed by atoms with E-state index in [4.69, 9.17) is 0 Å². The van der Waals surface area contributed by atoms with E-state index in [1.807, 2.05) is 43.3 Å². The molecule has 38 heavy (non-hydrogen) atoms. The first kappa shape index (κ1) is 25.1. The number of anilines is 3. The summed E-state index contributed by atoms with van der Waals surface area (Å²) in [6, 6.07) is 23.3. The molecule has 1 fully saturated rings. The minimum absolute atomic E-state index is 0.115. The Bertz CT molecular complexity index is 1430. The highest BCUT2D eigenvalue weighted by Crippen LogP contribution is 2.39. The summed E-state index contributed by atoms with van der Waals surface area (Å²) >= 11 is 0. The van der Waals surface area contributed by atoms with E-state index in [-0.39, 0.29) is 35.5 Å². The lowest BCUT2D eigenvalue weighted by Gasteiger charge is -2.18. The molecule has 7 nitrogen and oxygen atoms in total. The van der Waals surface area contributed by atoms with Crippen molar-refractivity contribution in [3.8, 4) is 0 Å². The molecule has 0 radical (unpaired) electrons. The van der Waals surface area contributed by atoms with Crippen LogP contribution in [0.3, 0.4) is 0 Å². The van der Waals surface area contributed by atoms with Gasteiger partial charge in [-0.3, -0.25) is 24.1 Å². The van der Waals surface area contributed by atoms with Gasteiger partial charge in [-0.25, -0.2) is 0 Å².